The summed E-state index contributed by atoms with van der Waals surface area (Å²) in [6.07, 6.45) is 0.781. The molecule has 6 nitrogen and oxygen atoms in total. The summed E-state index contributed by atoms with van der Waals surface area (Å²) in [4.78, 5) is 13.3. The van der Waals surface area contributed by atoms with Crippen molar-refractivity contribution in [3.8, 4) is 0 Å². The molecule has 0 saturated carbocycles. The molecule has 28 heavy (non-hydrogen) atoms. The lowest BCUT2D eigenvalue weighted by atomic mass is 10.0. The van der Waals surface area contributed by atoms with Gasteiger partial charge in [-0.15, -0.1) is 0 Å². The van der Waals surface area contributed by atoms with E-state index in [9.17, 15) is 26.4 Å². The van der Waals surface area contributed by atoms with E-state index < -0.39 is 39.1 Å². The Balaban J connectivity index is 1.57. The van der Waals surface area contributed by atoms with E-state index in [2.05, 4.69) is 9.29 Å². The summed E-state index contributed by atoms with van der Waals surface area (Å²) >= 11 is 0. The third-order valence-electron chi connectivity index (χ3n) is 4.75. The van der Waals surface area contributed by atoms with Crippen molar-refractivity contribution in [2.24, 2.45) is 0 Å². The highest BCUT2D eigenvalue weighted by Gasteiger charge is 2.32. The van der Waals surface area contributed by atoms with Gasteiger partial charge in [0.25, 0.3) is 0 Å². The maximum atomic E-state index is 12.8. The number of amides is 1. The van der Waals surface area contributed by atoms with E-state index in [0.29, 0.717) is 25.2 Å². The van der Waals surface area contributed by atoms with E-state index in [4.69, 9.17) is 0 Å². The summed E-state index contributed by atoms with van der Waals surface area (Å²) in [7, 11) is -4.22. The molecular formula is C18H20F3N3O3S. The van der Waals surface area contributed by atoms with Gasteiger partial charge in [-0.3, -0.25) is 4.79 Å². The lowest BCUT2D eigenvalue weighted by Crippen LogP contribution is -2.44. The predicted octanol–water partition coefficient (Wildman–Crippen LogP) is 2.65. The molecule has 1 fully saturated rings. The van der Waals surface area contributed by atoms with Crippen LogP contribution in [0, 0.1) is 0 Å². The summed E-state index contributed by atoms with van der Waals surface area (Å²) in [5.41, 5.74) is -1.06. The van der Waals surface area contributed by atoms with Gasteiger partial charge in [0, 0.05) is 31.5 Å². The minimum absolute atomic E-state index is 0.292. The molecule has 3 rings (SSSR count). The van der Waals surface area contributed by atoms with Crippen molar-refractivity contribution in [1.82, 2.24) is 14.2 Å². The number of halogens is 3. The highest BCUT2D eigenvalue weighted by Crippen LogP contribution is 2.30. The number of carbonyl (C=O) groups is 1. The molecule has 2 aromatic rings. The second kappa shape index (κ2) is 7.96. The number of carbonyl (C=O) groups excluding carboxylic acids is 1. The molecule has 0 aliphatic carbocycles. The highest BCUT2D eigenvalue weighted by molar-refractivity contribution is 7.89. The van der Waals surface area contributed by atoms with Gasteiger partial charge in [-0.1, -0.05) is 6.07 Å². The third-order valence-corrected chi connectivity index (χ3v) is 6.15. The van der Waals surface area contributed by atoms with Crippen LogP contribution in [0.3, 0.4) is 0 Å². The Morgan fingerprint density at radius 2 is 1.75 bits per heavy atom. The van der Waals surface area contributed by atoms with Crippen molar-refractivity contribution in [2.75, 3.05) is 19.6 Å². The van der Waals surface area contributed by atoms with Crippen LogP contribution in [0.25, 0.3) is 0 Å². The molecule has 0 spiro atoms. The lowest BCUT2D eigenvalue weighted by Gasteiger charge is -2.32. The summed E-state index contributed by atoms with van der Waals surface area (Å²) in [5, 5.41) is 0. The number of piperidine rings is 1. The summed E-state index contributed by atoms with van der Waals surface area (Å²) in [6.45, 7) is 0.493. The van der Waals surface area contributed by atoms with Crippen LogP contribution in [0.15, 0.2) is 53.7 Å². The quantitative estimate of drug-likeness (QED) is 0.816. The van der Waals surface area contributed by atoms with E-state index in [0.717, 1.165) is 31.0 Å². The van der Waals surface area contributed by atoms with Crippen LogP contribution >= 0.6 is 0 Å². The Labute approximate surface area is 161 Å². The normalized spacial score (nSPS) is 16.3. The van der Waals surface area contributed by atoms with E-state index in [1.807, 2.05) is 24.5 Å². The van der Waals surface area contributed by atoms with Crippen LogP contribution in [0.2, 0.25) is 0 Å². The number of nitrogens with zero attached hydrogens (tertiary/aromatic N) is 2. The Morgan fingerprint density at radius 1 is 1.11 bits per heavy atom. The monoisotopic (exact) mass is 415 g/mol. The van der Waals surface area contributed by atoms with Gasteiger partial charge in [-0.2, -0.15) is 13.2 Å². The molecule has 0 atom stereocenters. The van der Waals surface area contributed by atoms with Gasteiger partial charge < -0.3 is 9.47 Å². The second-order valence-corrected chi connectivity index (χ2v) is 8.36. The fraction of sp³-hybridized carbons (Fsp3) is 0.389. The summed E-state index contributed by atoms with van der Waals surface area (Å²) in [5.74, 6) is -0.401. The maximum absolute atomic E-state index is 12.8. The second-order valence-electron chi connectivity index (χ2n) is 6.59. The van der Waals surface area contributed by atoms with E-state index >= 15 is 0 Å². The minimum Gasteiger partial charge on any atom is -0.351 e. The first-order valence-corrected chi connectivity index (χ1v) is 10.2. The zero-order valence-corrected chi connectivity index (χ0v) is 15.7. The van der Waals surface area contributed by atoms with Gasteiger partial charge in [0.05, 0.1) is 17.0 Å². The number of benzene rings is 1. The smallest absolute Gasteiger partial charge is 0.351 e. The molecule has 0 unspecified atom stereocenters. The number of rotatable bonds is 5. The van der Waals surface area contributed by atoms with Crippen molar-refractivity contribution < 1.29 is 26.4 Å². The Morgan fingerprint density at radius 3 is 2.36 bits per heavy atom. The molecule has 1 aliphatic rings. The summed E-state index contributed by atoms with van der Waals surface area (Å²) in [6, 6.07) is 7.57. The van der Waals surface area contributed by atoms with E-state index in [1.54, 1.807) is 4.90 Å². The van der Waals surface area contributed by atoms with Crippen LogP contribution in [-0.4, -0.2) is 43.4 Å². The largest absolute Gasteiger partial charge is 0.416 e. The minimum atomic E-state index is -4.65. The number of nitrogens with one attached hydrogen (secondary N) is 1. The topological polar surface area (TPSA) is 71.4 Å². The van der Waals surface area contributed by atoms with Crippen molar-refractivity contribution in [3.63, 3.8) is 0 Å². The predicted molar refractivity (Wildman–Crippen MR) is 95.9 cm³/mol. The maximum Gasteiger partial charge on any atom is 0.416 e. The first-order valence-electron chi connectivity index (χ1n) is 8.74. The van der Waals surface area contributed by atoms with Crippen LogP contribution in [0.5, 0.6) is 0 Å². The van der Waals surface area contributed by atoms with Gasteiger partial charge in [0.15, 0.2) is 0 Å². The Hall–Kier alpha value is -2.33. The molecule has 0 radical (unpaired) electrons. The molecule has 1 N–H and O–H groups in total. The number of sulfonamides is 1. The Bertz CT molecular complexity index is 919. The first kappa shape index (κ1) is 20.4. The molecular weight excluding hydrogens is 395 g/mol. The number of aromatic nitrogens is 1. The molecule has 1 aliphatic heterocycles. The van der Waals surface area contributed by atoms with Gasteiger partial charge in [-0.05, 0) is 43.2 Å². The molecule has 152 valence electrons. The zero-order chi connectivity index (χ0) is 20.4. The molecule has 1 saturated heterocycles. The summed E-state index contributed by atoms with van der Waals surface area (Å²) < 4.78 is 67.0. The molecule has 1 aromatic heterocycles. The van der Waals surface area contributed by atoms with E-state index in [-0.39, 0.29) is 0 Å². The van der Waals surface area contributed by atoms with Crippen LogP contribution in [0.4, 0.5) is 13.2 Å². The van der Waals surface area contributed by atoms with E-state index in [1.165, 1.54) is 0 Å². The van der Waals surface area contributed by atoms with Crippen molar-refractivity contribution in [3.05, 3.63) is 54.4 Å². The zero-order valence-electron chi connectivity index (χ0n) is 14.9. The van der Waals surface area contributed by atoms with Crippen LogP contribution in [-0.2, 0) is 21.0 Å². The number of hydrogen-bond donors (Lipinski definition) is 1. The fourth-order valence-electron chi connectivity index (χ4n) is 3.20. The van der Waals surface area contributed by atoms with Gasteiger partial charge in [0.1, 0.15) is 0 Å². The van der Waals surface area contributed by atoms with Crippen molar-refractivity contribution >= 4 is 15.9 Å². The third kappa shape index (κ3) is 4.74. The molecule has 1 aromatic carbocycles. The number of hydrogen-bond acceptors (Lipinski definition) is 3. The number of likely N-dealkylation sites (tertiary alicyclic amines) is 1. The first-order chi connectivity index (χ1) is 13.2. The van der Waals surface area contributed by atoms with Crippen LogP contribution in [0.1, 0.15) is 24.4 Å². The number of alkyl halides is 3. The average molecular weight is 415 g/mol. The van der Waals surface area contributed by atoms with Gasteiger partial charge in [-0.25, -0.2) is 13.1 Å². The standard InChI is InChI=1S/C18H20F3N3O3S/c19-18(20,21)14-4-3-5-16(12-14)28(26,27)22-13-17(25)24-10-6-15(7-11-24)23-8-1-2-9-23/h1-5,8-9,12,15,22H,6-7,10-11,13H2. The highest BCUT2D eigenvalue weighted by atomic mass is 32.2. The fourth-order valence-corrected chi connectivity index (χ4v) is 4.22. The molecule has 2 heterocycles. The van der Waals surface area contributed by atoms with Crippen LogP contribution < -0.4 is 4.72 Å². The van der Waals surface area contributed by atoms with Gasteiger partial charge >= 0.3 is 6.18 Å². The lowest BCUT2D eigenvalue weighted by molar-refractivity contribution is -0.137. The van der Waals surface area contributed by atoms with Gasteiger partial charge in [0.2, 0.25) is 15.9 Å². The Kier molecular flexibility index (Phi) is 5.80. The molecule has 1 amide bonds. The van der Waals surface area contributed by atoms with Crippen molar-refractivity contribution in [2.45, 2.75) is 30.0 Å². The average Bonchev–Trinajstić information content (AvgIpc) is 3.20. The van der Waals surface area contributed by atoms with Crippen molar-refractivity contribution in [1.29, 1.82) is 0 Å². The SMILES string of the molecule is O=C(CNS(=O)(=O)c1cccc(C(F)(F)F)c1)N1CCC(n2cccc2)CC1. The molecule has 0 bridgehead atoms. The molecule has 10 heteroatoms.